The van der Waals surface area contributed by atoms with E-state index < -0.39 is 42.5 Å². The van der Waals surface area contributed by atoms with Crippen LogP contribution in [0.25, 0.3) is 0 Å². The van der Waals surface area contributed by atoms with Crippen molar-refractivity contribution in [1.82, 2.24) is 9.80 Å². The lowest BCUT2D eigenvalue weighted by Gasteiger charge is -2.45. The van der Waals surface area contributed by atoms with Gasteiger partial charge in [0.2, 0.25) is 5.91 Å². The molecule has 0 aromatic heterocycles. The Morgan fingerprint density at radius 1 is 1.06 bits per heavy atom. The first-order valence-corrected chi connectivity index (χ1v) is 11.2. The lowest BCUT2D eigenvalue weighted by atomic mass is 9.82. The molecule has 2 N–H and O–H groups in total. The number of aliphatic hydroxyl groups is 1. The molecule has 0 aliphatic carbocycles. The lowest BCUT2D eigenvalue weighted by molar-refractivity contribution is -0.161. The minimum absolute atomic E-state index is 0.0362. The van der Waals surface area contributed by atoms with Crippen LogP contribution in [0.1, 0.15) is 30.4 Å². The number of carbonyl (C=O) groups is 2. The highest BCUT2D eigenvalue weighted by atomic mass is 35.5. The number of likely N-dealkylation sites (N-methyl/N-ethyl adjacent to an activating group) is 1. The molecular formula is C23H24Cl2F4N2O4. The van der Waals surface area contributed by atoms with Gasteiger partial charge in [0.15, 0.2) is 0 Å². The van der Waals surface area contributed by atoms with Crippen LogP contribution in [0.3, 0.4) is 0 Å². The molecule has 0 radical (unpaired) electrons. The molecular weight excluding hydrogens is 515 g/mol. The second-order valence-electron chi connectivity index (χ2n) is 8.03. The molecule has 2 aromatic carbocycles. The number of nitrogens with zero attached hydrogens (tertiary/aromatic N) is 2. The highest BCUT2D eigenvalue weighted by molar-refractivity contribution is 6.42. The minimum atomic E-state index is -4.77. The Morgan fingerprint density at radius 2 is 1.74 bits per heavy atom. The Hall–Kier alpha value is -2.56. The Morgan fingerprint density at radius 3 is 2.29 bits per heavy atom. The summed E-state index contributed by atoms with van der Waals surface area (Å²) >= 11 is 12.2. The molecule has 0 aliphatic rings. The predicted molar refractivity (Wildman–Crippen MR) is 123 cm³/mol. The number of aliphatic hydroxyl groups excluding tert-OH is 1. The average Bonchev–Trinajstić information content (AvgIpc) is 2.75. The van der Waals surface area contributed by atoms with Gasteiger partial charge in [-0.3, -0.25) is 9.69 Å². The van der Waals surface area contributed by atoms with E-state index in [1.165, 1.54) is 36.4 Å². The van der Waals surface area contributed by atoms with Gasteiger partial charge < -0.3 is 15.1 Å². The van der Waals surface area contributed by atoms with Crippen molar-refractivity contribution < 1.29 is 37.4 Å². The topological polar surface area (TPSA) is 81.1 Å². The summed E-state index contributed by atoms with van der Waals surface area (Å²) in [5, 5.41) is 19.9. The van der Waals surface area contributed by atoms with Gasteiger partial charge >= 0.3 is 12.3 Å². The Bertz CT molecular complexity index is 1050. The maximum Gasteiger partial charge on any atom is 0.408 e. The van der Waals surface area contributed by atoms with E-state index in [0.29, 0.717) is 0 Å². The average molecular weight is 539 g/mol. The lowest BCUT2D eigenvalue weighted by Crippen LogP contribution is -2.55. The van der Waals surface area contributed by atoms with Crippen molar-refractivity contribution in [2.24, 2.45) is 0 Å². The fourth-order valence-corrected chi connectivity index (χ4v) is 4.15. The largest absolute Gasteiger partial charge is 0.465 e. The normalized spacial score (nSPS) is 13.3. The quantitative estimate of drug-likeness (QED) is 0.380. The van der Waals surface area contributed by atoms with Gasteiger partial charge in [0.1, 0.15) is 12.2 Å². The number of benzene rings is 2. The van der Waals surface area contributed by atoms with Crippen molar-refractivity contribution in [2.75, 3.05) is 20.2 Å². The van der Waals surface area contributed by atoms with E-state index in [9.17, 15) is 37.4 Å². The van der Waals surface area contributed by atoms with Crippen LogP contribution in [0.5, 0.6) is 0 Å². The molecule has 2 amide bonds. The summed E-state index contributed by atoms with van der Waals surface area (Å²) in [4.78, 5) is 26.6. The molecule has 0 heterocycles. The van der Waals surface area contributed by atoms with Crippen LogP contribution in [-0.4, -0.2) is 58.4 Å². The zero-order chi connectivity index (χ0) is 26.4. The summed E-state index contributed by atoms with van der Waals surface area (Å²) in [7, 11) is 1.13. The van der Waals surface area contributed by atoms with Crippen LogP contribution < -0.4 is 0 Å². The van der Waals surface area contributed by atoms with Gasteiger partial charge in [-0.2, -0.15) is 13.2 Å². The van der Waals surface area contributed by atoms with Crippen molar-refractivity contribution >= 4 is 35.2 Å². The molecule has 1 atom stereocenters. The van der Waals surface area contributed by atoms with E-state index in [1.807, 2.05) is 0 Å². The van der Waals surface area contributed by atoms with Crippen LogP contribution in [0.4, 0.5) is 22.4 Å². The fraction of sp³-hybridized carbons (Fsp3) is 0.391. The van der Waals surface area contributed by atoms with Gasteiger partial charge in [-0.15, -0.1) is 0 Å². The number of carbonyl (C=O) groups excluding carboxylic acids is 1. The minimum Gasteiger partial charge on any atom is -0.465 e. The smallest absolute Gasteiger partial charge is 0.408 e. The second kappa shape index (κ2) is 11.9. The van der Waals surface area contributed by atoms with Gasteiger partial charge in [0, 0.05) is 20.2 Å². The zero-order valence-corrected chi connectivity index (χ0v) is 20.2. The van der Waals surface area contributed by atoms with E-state index in [2.05, 4.69) is 0 Å². The van der Waals surface area contributed by atoms with Crippen molar-refractivity contribution in [1.29, 1.82) is 0 Å². The van der Waals surface area contributed by atoms with Gasteiger partial charge in [-0.25, -0.2) is 9.18 Å². The third-order valence-electron chi connectivity index (χ3n) is 5.46. The molecule has 35 heavy (non-hydrogen) atoms. The maximum absolute atomic E-state index is 13.8. The monoisotopic (exact) mass is 538 g/mol. The molecule has 12 heteroatoms. The Kier molecular flexibility index (Phi) is 9.76. The SMILES string of the molecule is CN(C[C@](CCCO)(c1ccc(Cl)c(Cl)c1)N(Cc1cccc(F)c1)C(=O)O)C(=O)CC(F)(F)F. The first-order chi connectivity index (χ1) is 16.3. The molecule has 6 nitrogen and oxygen atoms in total. The molecule has 0 unspecified atom stereocenters. The van der Waals surface area contributed by atoms with E-state index >= 15 is 0 Å². The standard InChI is InChI=1S/C23H24Cl2F4N2O4/c1-30(20(33)12-23(27,28)29)14-22(8-3-9-32,16-6-7-18(24)19(25)11-16)31(21(34)35)13-15-4-2-5-17(26)10-15/h2,4-7,10-11,32H,3,8-9,12-14H2,1H3,(H,34,35)/t22-/m1/s1. The van der Waals surface area contributed by atoms with E-state index in [-0.39, 0.29) is 47.2 Å². The van der Waals surface area contributed by atoms with Crippen LogP contribution in [0.2, 0.25) is 10.0 Å². The van der Waals surface area contributed by atoms with Gasteiger partial charge in [-0.1, -0.05) is 41.4 Å². The molecule has 0 bridgehead atoms. The first-order valence-electron chi connectivity index (χ1n) is 10.4. The third-order valence-corrected chi connectivity index (χ3v) is 6.20. The number of rotatable bonds is 10. The van der Waals surface area contributed by atoms with Gasteiger partial charge in [-0.05, 0) is 48.2 Å². The maximum atomic E-state index is 13.8. The second-order valence-corrected chi connectivity index (χ2v) is 8.84. The third kappa shape index (κ3) is 7.71. The highest BCUT2D eigenvalue weighted by Gasteiger charge is 2.44. The van der Waals surface area contributed by atoms with Gasteiger partial charge in [0.05, 0.1) is 22.1 Å². The molecule has 2 aromatic rings. The van der Waals surface area contributed by atoms with Crippen LogP contribution in [0, 0.1) is 5.82 Å². The van der Waals surface area contributed by atoms with Crippen molar-refractivity contribution in [3.8, 4) is 0 Å². The summed E-state index contributed by atoms with van der Waals surface area (Å²) in [6.07, 6.45) is -8.04. The number of alkyl halides is 3. The number of amides is 2. The number of hydrogen-bond donors (Lipinski definition) is 2. The predicted octanol–water partition coefficient (Wildman–Crippen LogP) is 5.69. The summed E-state index contributed by atoms with van der Waals surface area (Å²) in [5.74, 6) is -1.89. The highest BCUT2D eigenvalue weighted by Crippen LogP contribution is 2.39. The molecule has 2 rings (SSSR count). The molecule has 192 valence electrons. The summed E-state index contributed by atoms with van der Waals surface area (Å²) < 4.78 is 52.5. The Balaban J connectivity index is 2.68. The molecule has 0 saturated heterocycles. The number of halogens is 6. The van der Waals surface area contributed by atoms with Crippen LogP contribution in [-0.2, 0) is 16.9 Å². The van der Waals surface area contributed by atoms with Gasteiger partial charge in [0.25, 0.3) is 0 Å². The van der Waals surface area contributed by atoms with Crippen LogP contribution >= 0.6 is 23.2 Å². The fourth-order valence-electron chi connectivity index (χ4n) is 3.85. The van der Waals surface area contributed by atoms with Crippen LogP contribution in [0.15, 0.2) is 42.5 Å². The Labute approximate surface area is 209 Å². The zero-order valence-electron chi connectivity index (χ0n) is 18.7. The molecule has 0 spiro atoms. The number of hydrogen-bond acceptors (Lipinski definition) is 3. The summed E-state index contributed by atoms with van der Waals surface area (Å²) in [6.45, 7) is -1.22. The van der Waals surface area contributed by atoms with Crippen molar-refractivity contribution in [3.05, 3.63) is 69.5 Å². The van der Waals surface area contributed by atoms with E-state index in [4.69, 9.17) is 23.2 Å². The summed E-state index contributed by atoms with van der Waals surface area (Å²) in [5.41, 5.74) is -1.15. The molecule has 0 aliphatic heterocycles. The summed E-state index contributed by atoms with van der Waals surface area (Å²) in [6, 6.07) is 9.39. The van der Waals surface area contributed by atoms with Crippen molar-refractivity contribution in [3.63, 3.8) is 0 Å². The first kappa shape index (κ1) is 28.7. The molecule has 0 fully saturated rings. The van der Waals surface area contributed by atoms with E-state index in [0.717, 1.165) is 22.9 Å². The molecule has 0 saturated carbocycles. The van der Waals surface area contributed by atoms with E-state index in [1.54, 1.807) is 0 Å². The van der Waals surface area contributed by atoms with Crippen molar-refractivity contribution in [2.45, 2.75) is 37.5 Å². The number of carboxylic acid groups (broad SMARTS) is 1.